The van der Waals surface area contributed by atoms with Crippen molar-refractivity contribution in [3.63, 3.8) is 0 Å². The van der Waals surface area contributed by atoms with Crippen molar-refractivity contribution in [2.24, 2.45) is 5.41 Å². The molecule has 0 aliphatic carbocycles. The second-order valence-electron chi connectivity index (χ2n) is 5.45. The highest BCUT2D eigenvalue weighted by Gasteiger charge is 2.18. The lowest BCUT2D eigenvalue weighted by Gasteiger charge is -2.24. The van der Waals surface area contributed by atoms with E-state index in [-0.39, 0.29) is 11.3 Å². The molecule has 2 N–H and O–H groups in total. The van der Waals surface area contributed by atoms with Crippen LogP contribution in [0.25, 0.3) is 0 Å². The van der Waals surface area contributed by atoms with Crippen LogP contribution in [0.2, 0.25) is 5.02 Å². The SMILES string of the molecule is CNC(=O)c1ccc(Cl)c(NCC(C)(C)CCC#N)c1. The summed E-state index contributed by atoms with van der Waals surface area (Å²) in [7, 11) is 1.59. The number of hydrogen-bond acceptors (Lipinski definition) is 3. The number of amides is 1. The molecule has 0 fully saturated rings. The average Bonchev–Trinajstić information content (AvgIpc) is 2.43. The molecule has 0 saturated heterocycles. The van der Waals surface area contributed by atoms with Crippen LogP contribution < -0.4 is 10.6 Å². The Kier molecular flexibility index (Phi) is 5.84. The van der Waals surface area contributed by atoms with E-state index in [9.17, 15) is 4.79 Å². The van der Waals surface area contributed by atoms with E-state index in [0.29, 0.717) is 23.6 Å². The number of nitrogens with one attached hydrogen (secondary N) is 2. The van der Waals surface area contributed by atoms with Crippen molar-refractivity contribution >= 4 is 23.2 Å². The van der Waals surface area contributed by atoms with Gasteiger partial charge < -0.3 is 10.6 Å². The van der Waals surface area contributed by atoms with E-state index in [1.54, 1.807) is 25.2 Å². The van der Waals surface area contributed by atoms with Crippen LogP contribution in [-0.2, 0) is 0 Å². The van der Waals surface area contributed by atoms with Crippen molar-refractivity contribution in [1.29, 1.82) is 5.26 Å². The lowest BCUT2D eigenvalue weighted by Crippen LogP contribution is -2.23. The van der Waals surface area contributed by atoms with E-state index in [1.807, 2.05) is 0 Å². The molecule has 0 spiro atoms. The van der Waals surface area contributed by atoms with Crippen LogP contribution in [-0.4, -0.2) is 19.5 Å². The Morgan fingerprint density at radius 1 is 1.45 bits per heavy atom. The van der Waals surface area contributed by atoms with Crippen LogP contribution in [0, 0.1) is 16.7 Å². The van der Waals surface area contributed by atoms with Gasteiger partial charge in [0.15, 0.2) is 0 Å². The number of nitrogens with zero attached hydrogens (tertiary/aromatic N) is 1. The molecule has 0 saturated carbocycles. The average molecular weight is 294 g/mol. The Bertz CT molecular complexity index is 520. The van der Waals surface area contributed by atoms with Crippen molar-refractivity contribution < 1.29 is 4.79 Å². The largest absolute Gasteiger partial charge is 0.383 e. The maximum Gasteiger partial charge on any atom is 0.251 e. The minimum absolute atomic E-state index is 0.0118. The van der Waals surface area contributed by atoms with Crippen LogP contribution in [0.5, 0.6) is 0 Å². The van der Waals surface area contributed by atoms with Gasteiger partial charge in [-0.15, -0.1) is 0 Å². The van der Waals surface area contributed by atoms with Gasteiger partial charge in [0.05, 0.1) is 16.8 Å². The molecule has 20 heavy (non-hydrogen) atoms. The zero-order valence-corrected chi connectivity index (χ0v) is 12.8. The first-order valence-electron chi connectivity index (χ1n) is 6.52. The van der Waals surface area contributed by atoms with Crippen molar-refractivity contribution in [1.82, 2.24) is 5.32 Å². The van der Waals surface area contributed by atoms with E-state index in [1.165, 1.54) is 0 Å². The summed E-state index contributed by atoms with van der Waals surface area (Å²) < 4.78 is 0. The fourth-order valence-corrected chi connectivity index (χ4v) is 1.95. The highest BCUT2D eigenvalue weighted by atomic mass is 35.5. The summed E-state index contributed by atoms with van der Waals surface area (Å²) in [5, 5.41) is 15.1. The Balaban J connectivity index is 2.77. The normalized spacial score (nSPS) is 10.8. The first-order valence-corrected chi connectivity index (χ1v) is 6.90. The van der Waals surface area contributed by atoms with E-state index < -0.39 is 0 Å². The van der Waals surface area contributed by atoms with Crippen molar-refractivity contribution in [3.8, 4) is 6.07 Å². The summed E-state index contributed by atoms with van der Waals surface area (Å²) in [6, 6.07) is 7.29. The summed E-state index contributed by atoms with van der Waals surface area (Å²) in [5.41, 5.74) is 1.29. The number of carbonyl (C=O) groups excluding carboxylic acids is 1. The molecule has 0 unspecified atom stereocenters. The minimum Gasteiger partial charge on any atom is -0.383 e. The van der Waals surface area contributed by atoms with Gasteiger partial charge in [-0.25, -0.2) is 0 Å². The molecule has 1 aromatic rings. The maximum atomic E-state index is 11.6. The molecule has 0 heterocycles. The number of rotatable bonds is 6. The second kappa shape index (κ2) is 7.16. The molecule has 4 nitrogen and oxygen atoms in total. The molecule has 0 aliphatic rings. The molecule has 108 valence electrons. The van der Waals surface area contributed by atoms with Gasteiger partial charge >= 0.3 is 0 Å². The standard InChI is InChI=1S/C15H20ClN3O/c1-15(2,7-4-8-17)10-19-13-9-11(14(20)18-3)5-6-12(13)16/h5-6,9,19H,4,7,10H2,1-3H3,(H,18,20). The molecule has 5 heteroatoms. The first-order chi connectivity index (χ1) is 9.39. The second-order valence-corrected chi connectivity index (χ2v) is 5.86. The molecule has 0 aromatic heterocycles. The zero-order chi connectivity index (χ0) is 15.2. The summed E-state index contributed by atoms with van der Waals surface area (Å²) in [5.74, 6) is -0.145. The molecule has 1 amide bonds. The predicted molar refractivity (Wildman–Crippen MR) is 82.0 cm³/mol. The van der Waals surface area contributed by atoms with Gasteiger partial charge in [0.25, 0.3) is 5.91 Å². The molecular weight excluding hydrogens is 274 g/mol. The molecule has 0 aliphatic heterocycles. The minimum atomic E-state index is -0.145. The third kappa shape index (κ3) is 4.75. The molecule has 0 radical (unpaired) electrons. The summed E-state index contributed by atoms with van der Waals surface area (Å²) in [6.07, 6.45) is 1.34. The monoisotopic (exact) mass is 293 g/mol. The third-order valence-corrected chi connectivity index (χ3v) is 3.46. The topological polar surface area (TPSA) is 64.9 Å². The predicted octanol–water partition coefficient (Wildman–Crippen LogP) is 3.44. The Hall–Kier alpha value is -1.73. The summed E-state index contributed by atoms with van der Waals surface area (Å²) in [4.78, 5) is 11.6. The van der Waals surface area contributed by atoms with Crippen LogP contribution >= 0.6 is 11.6 Å². The van der Waals surface area contributed by atoms with Crippen molar-refractivity contribution in [2.45, 2.75) is 26.7 Å². The Labute approximate surface area is 125 Å². The van der Waals surface area contributed by atoms with E-state index >= 15 is 0 Å². The lowest BCUT2D eigenvalue weighted by molar-refractivity contribution is 0.0963. The zero-order valence-electron chi connectivity index (χ0n) is 12.1. The molecule has 1 aromatic carbocycles. The van der Waals surface area contributed by atoms with Gasteiger partial charge in [0.1, 0.15) is 0 Å². The van der Waals surface area contributed by atoms with Crippen molar-refractivity contribution in [2.75, 3.05) is 18.9 Å². The number of halogens is 1. The fraction of sp³-hybridized carbons (Fsp3) is 0.467. The van der Waals surface area contributed by atoms with Gasteiger partial charge in [-0.3, -0.25) is 4.79 Å². The molecule has 0 bridgehead atoms. The first kappa shape index (κ1) is 16.3. The number of anilines is 1. The number of nitriles is 1. The van der Waals surface area contributed by atoms with Crippen LogP contribution in [0.1, 0.15) is 37.0 Å². The summed E-state index contributed by atoms with van der Waals surface area (Å²) in [6.45, 7) is 4.87. The van der Waals surface area contributed by atoms with E-state index in [4.69, 9.17) is 16.9 Å². The maximum absolute atomic E-state index is 11.6. The number of hydrogen-bond donors (Lipinski definition) is 2. The number of carbonyl (C=O) groups is 1. The molecule has 1 rings (SSSR count). The van der Waals surface area contributed by atoms with E-state index in [0.717, 1.165) is 12.1 Å². The van der Waals surface area contributed by atoms with Gasteiger partial charge in [0, 0.05) is 25.6 Å². The van der Waals surface area contributed by atoms with Crippen LogP contribution in [0.15, 0.2) is 18.2 Å². The smallest absolute Gasteiger partial charge is 0.251 e. The summed E-state index contributed by atoms with van der Waals surface area (Å²) >= 11 is 6.13. The van der Waals surface area contributed by atoms with Crippen LogP contribution in [0.3, 0.4) is 0 Å². The van der Waals surface area contributed by atoms with Gasteiger partial charge in [-0.2, -0.15) is 5.26 Å². The van der Waals surface area contributed by atoms with Crippen molar-refractivity contribution in [3.05, 3.63) is 28.8 Å². The number of benzene rings is 1. The molecular formula is C15H20ClN3O. The third-order valence-electron chi connectivity index (χ3n) is 3.13. The Morgan fingerprint density at radius 2 is 2.15 bits per heavy atom. The molecule has 0 atom stereocenters. The fourth-order valence-electron chi connectivity index (χ4n) is 1.76. The van der Waals surface area contributed by atoms with Gasteiger partial charge in [-0.05, 0) is 30.0 Å². The highest BCUT2D eigenvalue weighted by molar-refractivity contribution is 6.33. The lowest BCUT2D eigenvalue weighted by atomic mass is 9.88. The quantitative estimate of drug-likeness (QED) is 0.844. The van der Waals surface area contributed by atoms with Crippen LogP contribution in [0.4, 0.5) is 5.69 Å². The van der Waals surface area contributed by atoms with E-state index in [2.05, 4.69) is 30.6 Å². The van der Waals surface area contributed by atoms with Gasteiger partial charge in [0.2, 0.25) is 0 Å². The van der Waals surface area contributed by atoms with Gasteiger partial charge in [-0.1, -0.05) is 25.4 Å². The highest BCUT2D eigenvalue weighted by Crippen LogP contribution is 2.27. The Morgan fingerprint density at radius 3 is 2.75 bits per heavy atom.